The van der Waals surface area contributed by atoms with Gasteiger partial charge in [-0.05, 0) is 108 Å². The predicted molar refractivity (Wildman–Crippen MR) is 239 cm³/mol. The Morgan fingerprint density at radius 2 is 1.69 bits per heavy atom. The van der Waals surface area contributed by atoms with Crippen LogP contribution in [0.2, 0.25) is 0 Å². The summed E-state index contributed by atoms with van der Waals surface area (Å²) in [5, 5.41) is 39.5. The van der Waals surface area contributed by atoms with Gasteiger partial charge in [0.25, 0.3) is 0 Å². The number of ketones is 1. The van der Waals surface area contributed by atoms with Gasteiger partial charge in [-0.15, -0.1) is 0 Å². The van der Waals surface area contributed by atoms with Crippen molar-refractivity contribution < 1.29 is 53.4 Å². The smallest absolute Gasteiger partial charge is 0.315 e. The number of carbonyl (C=O) groups is 3. The van der Waals surface area contributed by atoms with E-state index in [2.05, 4.69) is 36.4 Å². The minimum atomic E-state index is -1.37. The van der Waals surface area contributed by atoms with Gasteiger partial charge in [-0.25, -0.2) is 4.79 Å². The molecule has 5 N–H and O–H groups in total. The number of aliphatic hydroxyl groups excluding tert-OH is 1. The molecule has 2 amide bonds. The molecule has 5 fully saturated rings. The summed E-state index contributed by atoms with van der Waals surface area (Å²) in [7, 11) is 0. The number of Topliss-reactive ketones (excluding diaryl/α,β-unsaturated/α-hetero) is 1. The molecule has 0 radical (unpaired) electrons. The highest BCUT2D eigenvalue weighted by atomic mass is 16.8. The average Bonchev–Trinajstić information content (AvgIpc) is 3.73. The standard InChI is InChI=1S/C50H77N3O11/c1-11-35(43(56)57)37-17-16-30(5)48(61-37)28-45(48,9)42(55)32(7)40(54)36(12-2)41-29(4)25-31(6)49(62-41)21-18-38(53-44(58)52-27-34-15-14-24-51-26-34)50(64-49)23-22-46(10,63-50)39-19-20-47(59,13-3)33(8)60-39/h14-15,18,21,24,26,29-33,35-39,41-42,55,59H,11-13,16-17,19-20,22-23,25,27-28H2,1-10H3,(H,56,57)(H2,52,53,58)/t29-,30-,31+,32+,33-,35+,36-,37+,38+,39+,41-,42+,45?,46-,47+,48+,49-,50-/m0/s1. The maximum atomic E-state index is 14.9. The molecule has 14 heteroatoms. The van der Waals surface area contributed by atoms with Gasteiger partial charge in [0.1, 0.15) is 11.8 Å². The van der Waals surface area contributed by atoms with E-state index < -0.39 is 94.0 Å². The van der Waals surface area contributed by atoms with Crippen LogP contribution in [0.25, 0.3) is 0 Å². The number of carbonyl (C=O) groups excluding carboxylic acids is 2. The number of ether oxygens (including phenoxy) is 5. The van der Waals surface area contributed by atoms with Gasteiger partial charge in [-0.3, -0.25) is 14.6 Å². The molecule has 1 aliphatic carbocycles. The molecule has 7 rings (SSSR count). The van der Waals surface area contributed by atoms with Crippen LogP contribution < -0.4 is 10.6 Å². The molecular weight excluding hydrogens is 819 g/mol. The Morgan fingerprint density at radius 1 is 0.953 bits per heavy atom. The Kier molecular flexibility index (Phi) is 14.0. The molecule has 1 saturated carbocycles. The predicted octanol–water partition coefficient (Wildman–Crippen LogP) is 7.23. The summed E-state index contributed by atoms with van der Waals surface area (Å²) in [6.45, 7) is 20.1. The second-order valence-electron chi connectivity index (χ2n) is 21.2. The van der Waals surface area contributed by atoms with Crippen LogP contribution in [0.3, 0.4) is 0 Å². The van der Waals surface area contributed by atoms with Crippen LogP contribution in [0.4, 0.5) is 4.79 Å². The maximum absolute atomic E-state index is 14.9. The van der Waals surface area contributed by atoms with Crippen LogP contribution in [0.15, 0.2) is 36.7 Å². The summed E-state index contributed by atoms with van der Waals surface area (Å²) in [6, 6.07) is 2.59. The van der Waals surface area contributed by atoms with Crippen molar-refractivity contribution in [2.24, 2.45) is 40.9 Å². The van der Waals surface area contributed by atoms with Gasteiger partial charge in [0.15, 0.2) is 11.6 Å². The van der Waals surface area contributed by atoms with Crippen LogP contribution in [-0.2, 0) is 39.8 Å². The Bertz CT molecular complexity index is 1890. The van der Waals surface area contributed by atoms with E-state index in [-0.39, 0.29) is 36.2 Å². The summed E-state index contributed by atoms with van der Waals surface area (Å²) in [5.41, 5.74) is -2.31. The maximum Gasteiger partial charge on any atom is 0.315 e. The molecule has 14 nitrogen and oxygen atoms in total. The average molecular weight is 896 g/mol. The molecule has 5 aliphatic heterocycles. The fraction of sp³-hybridized carbons (Fsp3) is 0.800. The number of nitrogens with one attached hydrogen (secondary N) is 2. The van der Waals surface area contributed by atoms with Gasteiger partial charge < -0.3 is 49.6 Å². The highest BCUT2D eigenvalue weighted by Crippen LogP contribution is 2.68. The zero-order valence-electron chi connectivity index (χ0n) is 39.9. The molecule has 64 heavy (non-hydrogen) atoms. The second kappa shape index (κ2) is 18.3. The second-order valence-corrected chi connectivity index (χ2v) is 21.2. The highest BCUT2D eigenvalue weighted by molar-refractivity contribution is 5.84. The van der Waals surface area contributed by atoms with Gasteiger partial charge in [-0.1, -0.05) is 67.5 Å². The zero-order chi connectivity index (χ0) is 46.6. The van der Waals surface area contributed by atoms with Crippen molar-refractivity contribution in [1.82, 2.24) is 15.6 Å². The normalized spacial score (nSPS) is 43.7. The third kappa shape index (κ3) is 8.60. The number of hydrogen-bond acceptors (Lipinski definition) is 11. The molecule has 358 valence electrons. The van der Waals surface area contributed by atoms with E-state index in [0.717, 1.165) is 12.0 Å². The van der Waals surface area contributed by atoms with Crippen molar-refractivity contribution in [3.8, 4) is 0 Å². The molecule has 18 atom stereocenters. The lowest BCUT2D eigenvalue weighted by Gasteiger charge is -2.55. The van der Waals surface area contributed by atoms with Gasteiger partial charge in [-0.2, -0.15) is 0 Å². The fourth-order valence-corrected chi connectivity index (χ4v) is 12.6. The summed E-state index contributed by atoms with van der Waals surface area (Å²) in [5.74, 6) is -5.66. The number of carboxylic acid groups (broad SMARTS) is 1. The van der Waals surface area contributed by atoms with Crippen molar-refractivity contribution in [3.05, 3.63) is 42.2 Å². The molecule has 3 spiro atoms. The summed E-state index contributed by atoms with van der Waals surface area (Å²) in [4.78, 5) is 44.8. The first-order chi connectivity index (χ1) is 30.2. The molecule has 6 aliphatic rings. The van der Waals surface area contributed by atoms with Gasteiger partial charge >= 0.3 is 12.0 Å². The van der Waals surface area contributed by atoms with Crippen molar-refractivity contribution in [2.75, 3.05) is 0 Å². The van der Waals surface area contributed by atoms with Crippen LogP contribution in [0.5, 0.6) is 0 Å². The number of amides is 2. The highest BCUT2D eigenvalue weighted by Gasteiger charge is 2.74. The van der Waals surface area contributed by atoms with Crippen LogP contribution >= 0.6 is 0 Å². The SMILES string of the molecule is CC[C@@H](C(=O)[C@@H](C)[C@@H](O)C1(C)C[C@]12O[C@@H]([C@@H](CC)C(=O)O)CC[C@@H]2C)[C@H]1O[C@]2(C=C[C@@H](NC(=O)NCc3cccnc3)[C@]3(CC[C@@](C)([C@H]4CC[C@](O)(CC)[C@H](C)O4)O3)O2)[C@H](C)C[C@@H]1C. The summed E-state index contributed by atoms with van der Waals surface area (Å²) >= 11 is 0. The van der Waals surface area contributed by atoms with Crippen LogP contribution in [-0.4, -0.2) is 103 Å². The molecule has 1 unspecified atom stereocenters. The number of aliphatic hydroxyl groups is 2. The lowest BCUT2D eigenvalue weighted by Crippen LogP contribution is -2.66. The molecule has 1 aromatic rings. The number of carboxylic acids is 1. The number of aliphatic carboxylic acids is 1. The molecular formula is C50H77N3O11. The number of nitrogens with zero attached hydrogens (tertiary/aromatic N) is 1. The Balaban J connectivity index is 1.12. The fourth-order valence-electron chi connectivity index (χ4n) is 12.6. The number of aromatic nitrogens is 1. The van der Waals surface area contributed by atoms with Crippen molar-refractivity contribution in [2.45, 2.75) is 211 Å². The first-order valence-corrected chi connectivity index (χ1v) is 24.4. The first kappa shape index (κ1) is 48.9. The quantitative estimate of drug-likeness (QED) is 0.118. The van der Waals surface area contributed by atoms with Crippen molar-refractivity contribution in [1.29, 1.82) is 0 Å². The Hall–Kier alpha value is -2.98. The van der Waals surface area contributed by atoms with Gasteiger partial charge in [0.2, 0.25) is 0 Å². The third-order valence-corrected chi connectivity index (χ3v) is 17.2. The third-order valence-electron chi connectivity index (χ3n) is 17.2. The Labute approximate surface area is 380 Å². The molecule has 1 aromatic heterocycles. The van der Waals surface area contributed by atoms with E-state index in [4.69, 9.17) is 23.7 Å². The van der Waals surface area contributed by atoms with E-state index >= 15 is 0 Å². The molecule has 4 saturated heterocycles. The molecule has 0 aromatic carbocycles. The lowest BCUT2D eigenvalue weighted by molar-refractivity contribution is -0.397. The van der Waals surface area contributed by atoms with E-state index in [1.54, 1.807) is 19.3 Å². The monoisotopic (exact) mass is 896 g/mol. The number of pyridine rings is 1. The first-order valence-electron chi connectivity index (χ1n) is 24.4. The van der Waals surface area contributed by atoms with Crippen molar-refractivity contribution >= 4 is 17.8 Å². The van der Waals surface area contributed by atoms with Crippen LogP contribution in [0.1, 0.15) is 145 Å². The van der Waals surface area contributed by atoms with Crippen molar-refractivity contribution in [3.63, 3.8) is 0 Å². The minimum Gasteiger partial charge on any atom is -0.481 e. The topological polar surface area (TPSA) is 195 Å². The van der Waals surface area contributed by atoms with Gasteiger partial charge in [0, 0.05) is 48.5 Å². The lowest BCUT2D eigenvalue weighted by atomic mass is 9.72. The van der Waals surface area contributed by atoms with E-state index in [9.17, 15) is 29.7 Å². The minimum absolute atomic E-state index is 0.0302. The number of hydrogen-bond donors (Lipinski definition) is 5. The van der Waals surface area contributed by atoms with E-state index in [1.807, 2.05) is 65.8 Å². The van der Waals surface area contributed by atoms with Crippen LogP contribution in [0, 0.1) is 40.9 Å². The summed E-state index contributed by atoms with van der Waals surface area (Å²) < 4.78 is 34.9. The number of rotatable bonds is 14. The Morgan fingerprint density at radius 3 is 2.33 bits per heavy atom. The van der Waals surface area contributed by atoms with Gasteiger partial charge in [0.05, 0.1) is 53.2 Å². The largest absolute Gasteiger partial charge is 0.481 e. The van der Waals surface area contributed by atoms with E-state index in [1.165, 1.54) is 0 Å². The molecule has 0 bridgehead atoms. The number of urea groups is 1. The summed E-state index contributed by atoms with van der Waals surface area (Å²) in [6.07, 6.45) is 10.8. The zero-order valence-corrected chi connectivity index (χ0v) is 39.9. The van der Waals surface area contributed by atoms with E-state index in [0.29, 0.717) is 64.2 Å². The molecule has 6 heterocycles.